The molecule has 0 radical (unpaired) electrons. The Kier molecular flexibility index (Phi) is 7.80. The number of aliphatic imine (C=N–C) groups is 1. The van der Waals surface area contributed by atoms with Gasteiger partial charge in [-0.1, -0.05) is 12.1 Å². The number of alkyl halides is 3. The van der Waals surface area contributed by atoms with E-state index in [1.54, 1.807) is 0 Å². The van der Waals surface area contributed by atoms with E-state index in [9.17, 15) is 18.0 Å². The lowest BCUT2D eigenvalue weighted by molar-refractivity contribution is -0.137. The molecule has 6 nitrogen and oxygen atoms in total. The van der Waals surface area contributed by atoms with Gasteiger partial charge in [0.25, 0.3) is 0 Å². The fourth-order valence-corrected chi connectivity index (χ4v) is 4.07. The zero-order valence-corrected chi connectivity index (χ0v) is 18.3. The van der Waals surface area contributed by atoms with Crippen LogP contribution in [0.4, 0.5) is 13.2 Å². The zero-order valence-electron chi connectivity index (χ0n) is 18.3. The highest BCUT2D eigenvalue weighted by Crippen LogP contribution is 2.29. The van der Waals surface area contributed by atoms with Crippen LogP contribution in [-0.2, 0) is 17.5 Å². The molecule has 9 heteroatoms. The van der Waals surface area contributed by atoms with Gasteiger partial charge in [0.15, 0.2) is 5.96 Å². The van der Waals surface area contributed by atoms with Crippen molar-refractivity contribution in [3.63, 3.8) is 0 Å². The van der Waals surface area contributed by atoms with Gasteiger partial charge in [0.1, 0.15) is 0 Å². The number of nitrogens with one attached hydrogen (secondary N) is 1. The second kappa shape index (κ2) is 10.3. The summed E-state index contributed by atoms with van der Waals surface area (Å²) in [7, 11) is 0. The SMILES string of the molecule is CCNC(=NCc1ccc(C(F)(F)F)cc1)N1CCN(C(C)C(=O)N2CCCC2)CC1. The second-order valence-electron chi connectivity index (χ2n) is 8.10. The van der Waals surface area contributed by atoms with Crippen molar-refractivity contribution in [1.29, 1.82) is 0 Å². The molecule has 2 fully saturated rings. The van der Waals surface area contributed by atoms with Crippen LogP contribution in [0, 0.1) is 0 Å². The summed E-state index contributed by atoms with van der Waals surface area (Å²) in [6.07, 6.45) is -2.15. The van der Waals surface area contributed by atoms with Gasteiger partial charge in [0.2, 0.25) is 5.91 Å². The van der Waals surface area contributed by atoms with E-state index >= 15 is 0 Å². The van der Waals surface area contributed by atoms with Crippen LogP contribution in [0.15, 0.2) is 29.3 Å². The van der Waals surface area contributed by atoms with Gasteiger partial charge in [-0.25, -0.2) is 4.99 Å². The van der Waals surface area contributed by atoms with Crippen molar-refractivity contribution in [1.82, 2.24) is 20.0 Å². The van der Waals surface area contributed by atoms with E-state index in [1.165, 1.54) is 12.1 Å². The number of amides is 1. The topological polar surface area (TPSA) is 51.2 Å². The predicted octanol–water partition coefficient (Wildman–Crippen LogP) is 2.80. The minimum atomic E-state index is -4.33. The van der Waals surface area contributed by atoms with Gasteiger partial charge < -0.3 is 15.1 Å². The zero-order chi connectivity index (χ0) is 22.4. The lowest BCUT2D eigenvalue weighted by Crippen LogP contribution is -2.57. The summed E-state index contributed by atoms with van der Waals surface area (Å²) >= 11 is 0. The van der Waals surface area contributed by atoms with E-state index in [0.29, 0.717) is 13.1 Å². The molecule has 172 valence electrons. The number of piperazine rings is 1. The first-order valence-corrected chi connectivity index (χ1v) is 11.0. The van der Waals surface area contributed by atoms with Crippen molar-refractivity contribution in [2.45, 2.75) is 45.5 Å². The Morgan fingerprint density at radius 2 is 1.65 bits per heavy atom. The molecule has 1 N–H and O–H groups in total. The molecule has 3 rings (SSSR count). The molecule has 0 aliphatic carbocycles. The average molecular weight is 440 g/mol. The van der Waals surface area contributed by atoms with Gasteiger partial charge in [-0.2, -0.15) is 13.2 Å². The molecule has 2 heterocycles. The van der Waals surface area contributed by atoms with E-state index in [4.69, 9.17) is 0 Å². The minimum Gasteiger partial charge on any atom is -0.357 e. The summed E-state index contributed by atoms with van der Waals surface area (Å²) in [4.78, 5) is 23.6. The van der Waals surface area contributed by atoms with Gasteiger partial charge in [-0.05, 0) is 44.4 Å². The first-order valence-electron chi connectivity index (χ1n) is 11.0. The van der Waals surface area contributed by atoms with Gasteiger partial charge in [0.05, 0.1) is 18.2 Å². The number of guanidine groups is 1. The Labute approximate surface area is 182 Å². The number of nitrogens with zero attached hydrogens (tertiary/aromatic N) is 4. The molecule has 0 spiro atoms. The molecule has 2 saturated heterocycles. The summed E-state index contributed by atoms with van der Waals surface area (Å²) in [5.74, 6) is 0.967. The van der Waals surface area contributed by atoms with Crippen molar-refractivity contribution in [2.24, 2.45) is 4.99 Å². The Morgan fingerprint density at radius 1 is 1.03 bits per heavy atom. The molecule has 2 aliphatic rings. The van der Waals surface area contributed by atoms with Crippen LogP contribution < -0.4 is 5.32 Å². The number of carbonyl (C=O) groups excluding carboxylic acids is 1. The molecule has 1 unspecified atom stereocenters. The van der Waals surface area contributed by atoms with Gasteiger partial charge in [-0.3, -0.25) is 9.69 Å². The maximum Gasteiger partial charge on any atom is 0.416 e. The van der Waals surface area contributed by atoms with Crippen LogP contribution in [0.5, 0.6) is 0 Å². The maximum atomic E-state index is 12.7. The molecule has 1 aromatic rings. The number of hydrogen-bond donors (Lipinski definition) is 1. The average Bonchev–Trinajstić information content (AvgIpc) is 3.30. The highest BCUT2D eigenvalue weighted by atomic mass is 19.4. The van der Waals surface area contributed by atoms with Gasteiger partial charge in [0, 0.05) is 45.8 Å². The van der Waals surface area contributed by atoms with E-state index in [0.717, 1.165) is 75.8 Å². The summed E-state index contributed by atoms with van der Waals surface area (Å²) in [6.45, 7) is 9.75. The standard InChI is InChI=1S/C22H32F3N5O/c1-3-26-21(27-16-18-6-8-19(9-7-18)22(23,24)25)30-14-12-28(13-15-30)17(2)20(31)29-10-4-5-11-29/h6-9,17H,3-5,10-16H2,1-2H3,(H,26,27). The summed E-state index contributed by atoms with van der Waals surface area (Å²) in [6, 6.07) is 5.01. The van der Waals surface area contributed by atoms with E-state index < -0.39 is 11.7 Å². The molecule has 1 amide bonds. The number of halogens is 3. The second-order valence-corrected chi connectivity index (χ2v) is 8.10. The fraction of sp³-hybridized carbons (Fsp3) is 0.636. The molecule has 0 bridgehead atoms. The minimum absolute atomic E-state index is 0.119. The Bertz CT molecular complexity index is 751. The van der Waals surface area contributed by atoms with Crippen LogP contribution in [0.25, 0.3) is 0 Å². The summed E-state index contributed by atoms with van der Waals surface area (Å²) in [5, 5.41) is 3.27. The third-order valence-corrected chi connectivity index (χ3v) is 5.96. The molecule has 1 atom stereocenters. The summed E-state index contributed by atoms with van der Waals surface area (Å²) < 4.78 is 38.2. The number of hydrogen-bond acceptors (Lipinski definition) is 3. The molecule has 1 aromatic carbocycles. The van der Waals surface area contributed by atoms with Crippen LogP contribution in [0.2, 0.25) is 0 Å². The quantitative estimate of drug-likeness (QED) is 0.566. The lowest BCUT2D eigenvalue weighted by atomic mass is 10.1. The number of carbonyl (C=O) groups is 1. The molecule has 31 heavy (non-hydrogen) atoms. The third kappa shape index (κ3) is 6.12. The Balaban J connectivity index is 1.56. The first kappa shape index (κ1) is 23.4. The van der Waals surface area contributed by atoms with Crippen LogP contribution in [0.3, 0.4) is 0 Å². The number of rotatable bonds is 5. The van der Waals surface area contributed by atoms with Crippen LogP contribution in [0.1, 0.15) is 37.8 Å². The van der Waals surface area contributed by atoms with Crippen LogP contribution >= 0.6 is 0 Å². The highest BCUT2D eigenvalue weighted by Gasteiger charge is 2.31. The van der Waals surface area contributed by atoms with Crippen molar-refractivity contribution < 1.29 is 18.0 Å². The first-order chi connectivity index (χ1) is 14.8. The normalized spacial score (nSPS) is 19.6. The van der Waals surface area contributed by atoms with Crippen molar-refractivity contribution in [3.8, 4) is 0 Å². The molecule has 0 aromatic heterocycles. The highest BCUT2D eigenvalue weighted by molar-refractivity contribution is 5.82. The fourth-order valence-electron chi connectivity index (χ4n) is 4.07. The largest absolute Gasteiger partial charge is 0.416 e. The predicted molar refractivity (Wildman–Crippen MR) is 115 cm³/mol. The van der Waals surface area contributed by atoms with Crippen molar-refractivity contribution >= 4 is 11.9 Å². The molecule has 2 aliphatic heterocycles. The monoisotopic (exact) mass is 439 g/mol. The molecule has 0 saturated carbocycles. The van der Waals surface area contributed by atoms with Crippen molar-refractivity contribution in [3.05, 3.63) is 35.4 Å². The maximum absolute atomic E-state index is 12.7. The smallest absolute Gasteiger partial charge is 0.357 e. The van der Waals surface area contributed by atoms with Gasteiger partial charge >= 0.3 is 6.18 Å². The van der Waals surface area contributed by atoms with Crippen LogP contribution in [-0.4, -0.2) is 78.4 Å². The molecular weight excluding hydrogens is 407 g/mol. The van der Waals surface area contributed by atoms with Crippen molar-refractivity contribution in [2.75, 3.05) is 45.8 Å². The third-order valence-electron chi connectivity index (χ3n) is 5.96. The summed E-state index contributed by atoms with van der Waals surface area (Å²) in [5.41, 5.74) is 0.0766. The lowest BCUT2D eigenvalue weighted by Gasteiger charge is -2.39. The van der Waals surface area contributed by atoms with E-state index in [2.05, 4.69) is 20.1 Å². The Hall–Kier alpha value is -2.29. The van der Waals surface area contributed by atoms with E-state index in [-0.39, 0.29) is 11.9 Å². The molecular formula is C22H32F3N5O. The number of benzene rings is 1. The number of likely N-dealkylation sites (tertiary alicyclic amines) is 1. The van der Waals surface area contributed by atoms with E-state index in [1.807, 2.05) is 18.7 Å². The van der Waals surface area contributed by atoms with Gasteiger partial charge in [-0.15, -0.1) is 0 Å². The Morgan fingerprint density at radius 3 is 2.19 bits per heavy atom.